The van der Waals surface area contributed by atoms with Gasteiger partial charge in [0.05, 0.1) is 30.4 Å². The van der Waals surface area contributed by atoms with E-state index in [2.05, 4.69) is 38.7 Å². The van der Waals surface area contributed by atoms with Crippen LogP contribution in [0.4, 0.5) is 5.69 Å². The van der Waals surface area contributed by atoms with Crippen LogP contribution in [-0.2, 0) is 0 Å². The highest BCUT2D eigenvalue weighted by molar-refractivity contribution is 5.68. The normalized spacial score (nSPS) is 20.0. The molecule has 2 aromatic carbocycles. The van der Waals surface area contributed by atoms with Crippen molar-refractivity contribution in [1.82, 2.24) is 9.55 Å². The zero-order chi connectivity index (χ0) is 19.1. The number of nitrogens with zero attached hydrogens (tertiary/aromatic N) is 3. The minimum Gasteiger partial charge on any atom is -0.508 e. The number of aliphatic hydroxyl groups excluding tert-OH is 1. The number of anilines is 1. The summed E-state index contributed by atoms with van der Waals surface area (Å²) in [5.41, 5.74) is 4.72. The van der Waals surface area contributed by atoms with Crippen LogP contribution < -0.4 is 4.90 Å². The third-order valence-corrected chi connectivity index (χ3v) is 6.34. The summed E-state index contributed by atoms with van der Waals surface area (Å²) >= 11 is 0. The Morgan fingerprint density at radius 1 is 1.07 bits per heavy atom. The monoisotopic (exact) mass is 375 g/mol. The average molecular weight is 375 g/mol. The molecule has 5 heteroatoms. The van der Waals surface area contributed by atoms with Crippen molar-refractivity contribution in [2.75, 3.05) is 18.0 Å². The number of benzene rings is 2. The number of imidazole rings is 1. The maximum atomic E-state index is 11.0. The van der Waals surface area contributed by atoms with Crippen LogP contribution in [0, 0.1) is 5.92 Å². The lowest BCUT2D eigenvalue weighted by atomic mass is 9.86. The van der Waals surface area contributed by atoms with Gasteiger partial charge in [0.25, 0.3) is 0 Å². The molecule has 0 spiro atoms. The van der Waals surface area contributed by atoms with E-state index in [0.29, 0.717) is 11.7 Å². The van der Waals surface area contributed by atoms with Gasteiger partial charge in [-0.3, -0.25) is 0 Å². The fourth-order valence-corrected chi connectivity index (χ4v) is 4.83. The van der Waals surface area contributed by atoms with Crippen molar-refractivity contribution in [3.05, 3.63) is 66.6 Å². The van der Waals surface area contributed by atoms with Crippen molar-refractivity contribution in [3.8, 4) is 17.0 Å². The van der Waals surface area contributed by atoms with Gasteiger partial charge in [-0.25, -0.2) is 4.98 Å². The molecule has 5 nitrogen and oxygen atoms in total. The van der Waals surface area contributed by atoms with E-state index in [9.17, 15) is 10.2 Å². The van der Waals surface area contributed by atoms with Crippen LogP contribution in [-0.4, -0.2) is 39.0 Å². The lowest BCUT2D eigenvalue weighted by molar-refractivity contribution is 0.0757. The van der Waals surface area contributed by atoms with E-state index >= 15 is 0 Å². The molecule has 5 rings (SSSR count). The van der Waals surface area contributed by atoms with Crippen molar-refractivity contribution < 1.29 is 10.2 Å². The van der Waals surface area contributed by atoms with E-state index in [1.54, 1.807) is 6.07 Å². The number of hydrogen-bond acceptors (Lipinski definition) is 4. The second kappa shape index (κ2) is 6.99. The van der Waals surface area contributed by atoms with Crippen molar-refractivity contribution >= 4 is 5.69 Å². The molecule has 0 saturated carbocycles. The Labute approximate surface area is 164 Å². The first-order valence-electron chi connectivity index (χ1n) is 10.0. The Morgan fingerprint density at radius 2 is 1.89 bits per heavy atom. The largest absolute Gasteiger partial charge is 0.508 e. The second-order valence-corrected chi connectivity index (χ2v) is 7.94. The summed E-state index contributed by atoms with van der Waals surface area (Å²) in [6.07, 6.45) is 6.11. The smallest absolute Gasteiger partial charge is 0.117 e. The van der Waals surface area contributed by atoms with Crippen LogP contribution in [0.25, 0.3) is 11.3 Å². The van der Waals surface area contributed by atoms with E-state index in [-0.39, 0.29) is 12.1 Å². The Morgan fingerprint density at radius 3 is 2.71 bits per heavy atom. The van der Waals surface area contributed by atoms with E-state index in [1.165, 1.54) is 11.1 Å². The van der Waals surface area contributed by atoms with Gasteiger partial charge in [0.15, 0.2) is 0 Å². The fourth-order valence-electron chi connectivity index (χ4n) is 4.83. The number of hydrogen-bond donors (Lipinski definition) is 2. The molecule has 1 saturated heterocycles. The zero-order valence-electron chi connectivity index (χ0n) is 15.8. The predicted octanol–water partition coefficient (Wildman–Crippen LogP) is 3.83. The summed E-state index contributed by atoms with van der Waals surface area (Å²) in [4.78, 5) is 6.61. The number of aliphatic hydroxyl groups is 1. The minimum absolute atomic E-state index is 0.160. The molecule has 2 unspecified atom stereocenters. The molecule has 2 aliphatic rings. The van der Waals surface area contributed by atoms with Crippen molar-refractivity contribution in [2.24, 2.45) is 5.92 Å². The molecule has 1 aromatic heterocycles. The van der Waals surface area contributed by atoms with Crippen LogP contribution >= 0.6 is 0 Å². The molecule has 3 aromatic rings. The van der Waals surface area contributed by atoms with Gasteiger partial charge in [0.1, 0.15) is 5.75 Å². The molecule has 28 heavy (non-hydrogen) atoms. The molecule has 3 heterocycles. The molecule has 2 aliphatic heterocycles. The Bertz CT molecular complexity index is 975. The third kappa shape index (κ3) is 2.96. The molecule has 0 bridgehead atoms. The highest BCUT2D eigenvalue weighted by Gasteiger charge is 2.33. The molecular weight excluding hydrogens is 350 g/mol. The maximum Gasteiger partial charge on any atom is 0.117 e. The third-order valence-electron chi connectivity index (χ3n) is 6.34. The van der Waals surface area contributed by atoms with E-state index in [4.69, 9.17) is 0 Å². The van der Waals surface area contributed by atoms with Crippen LogP contribution in [0.5, 0.6) is 5.75 Å². The molecule has 0 radical (unpaired) electrons. The minimum atomic E-state index is -0.335. The predicted molar refractivity (Wildman–Crippen MR) is 109 cm³/mol. The van der Waals surface area contributed by atoms with E-state index < -0.39 is 0 Å². The summed E-state index contributed by atoms with van der Waals surface area (Å²) in [5.74, 6) is 0.601. The van der Waals surface area contributed by atoms with Crippen LogP contribution in [0.2, 0.25) is 0 Å². The van der Waals surface area contributed by atoms with Crippen LogP contribution in [0.3, 0.4) is 0 Å². The van der Waals surface area contributed by atoms with Gasteiger partial charge in [-0.05, 0) is 42.9 Å². The van der Waals surface area contributed by atoms with E-state index in [1.807, 2.05) is 30.7 Å². The molecule has 144 valence electrons. The van der Waals surface area contributed by atoms with Crippen molar-refractivity contribution in [2.45, 2.75) is 31.4 Å². The van der Waals surface area contributed by atoms with Crippen LogP contribution in [0.15, 0.2) is 61.1 Å². The Kier molecular flexibility index (Phi) is 4.32. The first-order chi connectivity index (χ1) is 13.7. The summed E-state index contributed by atoms with van der Waals surface area (Å²) in [7, 11) is 0. The summed E-state index contributed by atoms with van der Waals surface area (Å²) in [6.45, 7) is 1.81. The van der Waals surface area contributed by atoms with Crippen molar-refractivity contribution in [3.63, 3.8) is 0 Å². The number of phenols is 1. The highest BCUT2D eigenvalue weighted by atomic mass is 16.3. The highest BCUT2D eigenvalue weighted by Crippen LogP contribution is 2.42. The van der Waals surface area contributed by atoms with Gasteiger partial charge in [-0.2, -0.15) is 0 Å². The average Bonchev–Trinajstić information content (AvgIpc) is 3.31. The Balaban J connectivity index is 1.27. The van der Waals surface area contributed by atoms with E-state index in [0.717, 1.165) is 43.7 Å². The topological polar surface area (TPSA) is 61.5 Å². The van der Waals surface area contributed by atoms with Gasteiger partial charge in [-0.1, -0.05) is 30.3 Å². The van der Waals surface area contributed by atoms with Gasteiger partial charge in [0.2, 0.25) is 0 Å². The number of fused-ring (bicyclic) bond motifs is 3. The summed E-state index contributed by atoms with van der Waals surface area (Å²) in [5, 5.41) is 20.7. The lowest BCUT2D eigenvalue weighted by Gasteiger charge is -2.36. The number of phenolic OH excluding ortho intramolecular Hbond substituents is 1. The van der Waals surface area contributed by atoms with Gasteiger partial charge in [-0.15, -0.1) is 0 Å². The van der Waals surface area contributed by atoms with Crippen molar-refractivity contribution in [1.29, 1.82) is 0 Å². The number of aromatic hydroxyl groups is 1. The maximum absolute atomic E-state index is 11.0. The second-order valence-electron chi connectivity index (χ2n) is 7.94. The number of aromatic nitrogens is 2. The first kappa shape index (κ1) is 17.3. The quantitative estimate of drug-likeness (QED) is 0.728. The summed E-state index contributed by atoms with van der Waals surface area (Å²) in [6, 6.07) is 16.0. The Hall–Kier alpha value is -2.79. The standard InChI is InChI=1S/C23H25N3O2/c27-18-5-3-4-17(12-18)25-10-8-16(9-11-25)23(28)13-21-19-6-1-2-7-20(19)22-14-24-15-26(21)22/h1-7,12,14-16,21,23,27-28H,8-11,13H2. The SMILES string of the molecule is Oc1cccc(N2CCC(C(O)CC3c4ccccc4-c4cncn43)CC2)c1. The molecule has 0 amide bonds. The fraction of sp³-hybridized carbons (Fsp3) is 0.348. The molecule has 0 aliphatic carbocycles. The first-order valence-corrected chi connectivity index (χ1v) is 10.0. The molecular formula is C23H25N3O2. The van der Waals surface area contributed by atoms with Gasteiger partial charge in [0, 0.05) is 30.4 Å². The summed E-state index contributed by atoms with van der Waals surface area (Å²) < 4.78 is 2.20. The molecule has 2 atom stereocenters. The number of rotatable bonds is 4. The van der Waals surface area contributed by atoms with Crippen LogP contribution in [0.1, 0.15) is 30.9 Å². The zero-order valence-corrected chi connectivity index (χ0v) is 15.8. The molecule has 2 N–H and O–H groups in total. The lowest BCUT2D eigenvalue weighted by Crippen LogP contribution is -2.38. The number of piperidine rings is 1. The van der Waals surface area contributed by atoms with Gasteiger partial charge < -0.3 is 19.7 Å². The molecule has 1 fully saturated rings. The van der Waals surface area contributed by atoms with Gasteiger partial charge >= 0.3 is 0 Å².